The first-order chi connectivity index (χ1) is 9.72. The molecule has 108 valence electrons. The normalized spacial score (nSPS) is 11.0. The third kappa shape index (κ3) is 3.54. The maximum atomic E-state index is 12.9. The lowest BCUT2D eigenvalue weighted by molar-refractivity contribution is 0.137. The third-order valence-corrected chi connectivity index (χ3v) is 2.91. The molecule has 2 aromatic rings. The number of nitrogens with two attached hydrogens (primary N) is 1. The molecule has 2 N–H and O–H groups in total. The van der Waals surface area contributed by atoms with Crippen LogP contribution < -0.4 is 10.5 Å². The van der Waals surface area contributed by atoms with Crippen LogP contribution >= 0.6 is 0 Å². The molecule has 0 fully saturated rings. The molecule has 1 aromatic carbocycles. The summed E-state index contributed by atoms with van der Waals surface area (Å²) in [7, 11) is 0. The number of rotatable bonds is 7. The van der Waals surface area contributed by atoms with E-state index < -0.39 is 6.43 Å². The molecular formula is C14H17F2N3O. The zero-order chi connectivity index (χ0) is 14.4. The van der Waals surface area contributed by atoms with Crippen LogP contribution in [0.5, 0.6) is 5.75 Å². The Balaban J connectivity index is 1.87. The molecule has 0 aliphatic rings. The van der Waals surface area contributed by atoms with Gasteiger partial charge in [0, 0.05) is 25.1 Å². The number of hydrogen-bond donors (Lipinski definition) is 1. The van der Waals surface area contributed by atoms with Crippen molar-refractivity contribution >= 4 is 0 Å². The zero-order valence-electron chi connectivity index (χ0n) is 11.0. The van der Waals surface area contributed by atoms with Gasteiger partial charge in [-0.05, 0) is 12.1 Å². The summed E-state index contributed by atoms with van der Waals surface area (Å²) in [6, 6.07) is 9.37. The highest BCUT2D eigenvalue weighted by atomic mass is 19.3. The lowest BCUT2D eigenvalue weighted by atomic mass is 10.2. The maximum absolute atomic E-state index is 12.9. The molecule has 0 spiro atoms. The van der Waals surface area contributed by atoms with Crippen LogP contribution in [0.15, 0.2) is 36.5 Å². The fraction of sp³-hybridized carbons (Fsp3) is 0.357. The molecular weight excluding hydrogens is 264 g/mol. The molecule has 0 aliphatic carbocycles. The average Bonchev–Trinajstić information content (AvgIpc) is 2.88. The monoisotopic (exact) mass is 281 g/mol. The molecule has 0 bridgehead atoms. The number of para-hydroxylation sites is 1. The highest BCUT2D eigenvalue weighted by Crippen LogP contribution is 2.22. The Morgan fingerprint density at radius 1 is 1.25 bits per heavy atom. The minimum absolute atomic E-state index is 0.0696. The van der Waals surface area contributed by atoms with Gasteiger partial charge < -0.3 is 10.5 Å². The van der Waals surface area contributed by atoms with Crippen molar-refractivity contribution in [2.24, 2.45) is 5.73 Å². The van der Waals surface area contributed by atoms with Crippen molar-refractivity contribution < 1.29 is 13.5 Å². The first kappa shape index (κ1) is 14.5. The minimum atomic E-state index is -2.56. The largest absolute Gasteiger partial charge is 0.494 e. The summed E-state index contributed by atoms with van der Waals surface area (Å²) >= 11 is 0. The summed E-state index contributed by atoms with van der Waals surface area (Å²) in [5.74, 6) is 0.768. The molecule has 0 saturated carbocycles. The number of aryl methyl sites for hydroxylation is 1. The maximum Gasteiger partial charge on any atom is 0.280 e. The van der Waals surface area contributed by atoms with Crippen molar-refractivity contribution in [2.75, 3.05) is 6.61 Å². The molecule has 6 heteroatoms. The van der Waals surface area contributed by atoms with Crippen molar-refractivity contribution in [3.8, 4) is 5.75 Å². The Morgan fingerprint density at radius 3 is 2.65 bits per heavy atom. The number of benzene rings is 1. The van der Waals surface area contributed by atoms with E-state index in [2.05, 4.69) is 5.10 Å². The number of ether oxygens (including phenoxy) is 1. The van der Waals surface area contributed by atoms with Gasteiger partial charge in [-0.2, -0.15) is 5.10 Å². The third-order valence-electron chi connectivity index (χ3n) is 2.91. The Kier molecular flexibility index (Phi) is 5.06. The van der Waals surface area contributed by atoms with Gasteiger partial charge in [0.15, 0.2) is 0 Å². The lowest BCUT2D eigenvalue weighted by Gasteiger charge is -2.09. The van der Waals surface area contributed by atoms with Crippen LogP contribution in [0.3, 0.4) is 0 Å². The van der Waals surface area contributed by atoms with Gasteiger partial charge in [-0.25, -0.2) is 8.78 Å². The summed E-state index contributed by atoms with van der Waals surface area (Å²) in [5, 5.41) is 3.95. The molecule has 20 heavy (non-hydrogen) atoms. The molecule has 0 saturated heterocycles. The average molecular weight is 281 g/mol. The van der Waals surface area contributed by atoms with E-state index in [1.165, 1.54) is 10.9 Å². The van der Waals surface area contributed by atoms with Crippen LogP contribution in [0, 0.1) is 0 Å². The SMILES string of the molecule is NCc1cnn(CCCOc2ccccc2)c1C(F)F. The van der Waals surface area contributed by atoms with E-state index in [4.69, 9.17) is 10.5 Å². The summed E-state index contributed by atoms with van der Waals surface area (Å²) in [6.07, 6.45) is -0.564. The number of alkyl halides is 2. The van der Waals surface area contributed by atoms with Gasteiger partial charge in [0.25, 0.3) is 6.43 Å². The van der Waals surface area contributed by atoms with E-state index in [9.17, 15) is 8.78 Å². The van der Waals surface area contributed by atoms with Gasteiger partial charge in [-0.15, -0.1) is 0 Å². The topological polar surface area (TPSA) is 53.1 Å². The standard InChI is InChI=1S/C14H17F2N3O/c15-14(16)13-11(9-17)10-18-19(13)7-4-8-20-12-5-2-1-3-6-12/h1-3,5-6,10,14H,4,7-9,17H2. The van der Waals surface area contributed by atoms with Crippen LogP contribution in [0.1, 0.15) is 24.1 Å². The number of hydrogen-bond acceptors (Lipinski definition) is 3. The molecule has 2 rings (SSSR count). The van der Waals surface area contributed by atoms with Gasteiger partial charge >= 0.3 is 0 Å². The van der Waals surface area contributed by atoms with Gasteiger partial charge in [-0.3, -0.25) is 4.68 Å². The highest BCUT2D eigenvalue weighted by Gasteiger charge is 2.18. The molecule has 0 aliphatic heterocycles. The summed E-state index contributed by atoms with van der Waals surface area (Å²) in [4.78, 5) is 0. The van der Waals surface area contributed by atoms with Gasteiger partial charge in [0.1, 0.15) is 11.4 Å². The minimum Gasteiger partial charge on any atom is -0.494 e. The van der Waals surface area contributed by atoms with Crippen molar-refractivity contribution in [2.45, 2.75) is 25.9 Å². The van der Waals surface area contributed by atoms with E-state index in [0.717, 1.165) is 5.75 Å². The summed E-state index contributed by atoms with van der Waals surface area (Å²) in [5.41, 5.74) is 5.72. The number of aromatic nitrogens is 2. The molecule has 4 nitrogen and oxygen atoms in total. The van der Waals surface area contributed by atoms with E-state index in [0.29, 0.717) is 25.1 Å². The van der Waals surface area contributed by atoms with Crippen LogP contribution in [0.25, 0.3) is 0 Å². The fourth-order valence-corrected chi connectivity index (χ4v) is 1.94. The summed E-state index contributed by atoms with van der Waals surface area (Å²) in [6.45, 7) is 0.900. The molecule has 0 amide bonds. The van der Waals surface area contributed by atoms with Crippen molar-refractivity contribution in [1.82, 2.24) is 9.78 Å². The van der Waals surface area contributed by atoms with Crippen LogP contribution in [-0.4, -0.2) is 16.4 Å². The Morgan fingerprint density at radius 2 is 2.00 bits per heavy atom. The molecule has 0 radical (unpaired) electrons. The zero-order valence-corrected chi connectivity index (χ0v) is 11.0. The van der Waals surface area contributed by atoms with Gasteiger partial charge in [-0.1, -0.05) is 18.2 Å². The van der Waals surface area contributed by atoms with Gasteiger partial charge in [0.2, 0.25) is 0 Å². The molecule has 1 aromatic heterocycles. The quantitative estimate of drug-likeness (QED) is 0.794. The second-order valence-corrected chi connectivity index (χ2v) is 4.30. The number of halogens is 2. The molecule has 1 heterocycles. The van der Waals surface area contributed by atoms with Crippen molar-refractivity contribution in [3.63, 3.8) is 0 Å². The van der Waals surface area contributed by atoms with E-state index in [1.54, 1.807) is 0 Å². The number of nitrogens with zero attached hydrogens (tertiary/aromatic N) is 2. The molecule has 0 atom stereocenters. The van der Waals surface area contributed by atoms with Crippen LogP contribution in [0.4, 0.5) is 8.78 Å². The lowest BCUT2D eigenvalue weighted by Crippen LogP contribution is -2.11. The second kappa shape index (κ2) is 7.00. The predicted molar refractivity (Wildman–Crippen MR) is 71.6 cm³/mol. The second-order valence-electron chi connectivity index (χ2n) is 4.30. The first-order valence-electron chi connectivity index (χ1n) is 6.43. The predicted octanol–water partition coefficient (Wildman–Crippen LogP) is 2.75. The Bertz CT molecular complexity index is 528. The van der Waals surface area contributed by atoms with Crippen LogP contribution in [-0.2, 0) is 13.1 Å². The molecule has 0 unspecified atom stereocenters. The van der Waals surface area contributed by atoms with Gasteiger partial charge in [0.05, 0.1) is 12.8 Å². The van der Waals surface area contributed by atoms with E-state index in [-0.39, 0.29) is 12.2 Å². The van der Waals surface area contributed by atoms with Crippen molar-refractivity contribution in [1.29, 1.82) is 0 Å². The summed E-state index contributed by atoms with van der Waals surface area (Å²) < 4.78 is 32.7. The fourth-order valence-electron chi connectivity index (χ4n) is 1.94. The highest BCUT2D eigenvalue weighted by molar-refractivity contribution is 5.21. The Labute approximate surface area is 116 Å². The van der Waals surface area contributed by atoms with Crippen LogP contribution in [0.2, 0.25) is 0 Å². The van der Waals surface area contributed by atoms with Crippen molar-refractivity contribution in [3.05, 3.63) is 47.8 Å². The first-order valence-corrected chi connectivity index (χ1v) is 6.43. The smallest absolute Gasteiger partial charge is 0.280 e. The van der Waals surface area contributed by atoms with E-state index in [1.807, 2.05) is 30.3 Å². The Hall–Kier alpha value is -1.95. The van der Waals surface area contributed by atoms with E-state index >= 15 is 0 Å².